The number of hydrazone groups is 1. The molecule has 8 nitrogen and oxygen atoms in total. The predicted octanol–water partition coefficient (Wildman–Crippen LogP) is 2.97. The number of carbonyl (C=O) groups is 1. The first-order chi connectivity index (χ1) is 13.6. The van der Waals surface area contributed by atoms with Crippen molar-refractivity contribution < 1.29 is 23.7 Å². The third kappa shape index (κ3) is 3.71. The Morgan fingerprint density at radius 2 is 1.68 bits per heavy atom. The Balaban J connectivity index is 1.82. The maximum absolute atomic E-state index is 12.4. The molecule has 0 atom stereocenters. The molecule has 0 spiro atoms. The maximum atomic E-state index is 12.4. The molecule has 28 heavy (non-hydrogen) atoms. The van der Waals surface area contributed by atoms with Crippen LogP contribution in [0.3, 0.4) is 0 Å². The lowest BCUT2D eigenvalue weighted by molar-refractivity contribution is 0.0951. The summed E-state index contributed by atoms with van der Waals surface area (Å²) in [7, 11) is 6.19. The van der Waals surface area contributed by atoms with Gasteiger partial charge in [0.15, 0.2) is 11.5 Å². The molecule has 0 saturated carbocycles. The Kier molecular flexibility index (Phi) is 5.69. The fourth-order valence-electron chi connectivity index (χ4n) is 2.79. The van der Waals surface area contributed by atoms with E-state index in [9.17, 15) is 4.79 Å². The third-order valence-electron chi connectivity index (χ3n) is 4.17. The van der Waals surface area contributed by atoms with Crippen molar-refractivity contribution >= 4 is 23.0 Å². The number of carbonyl (C=O) groups excluding carboxylic acids is 1. The van der Waals surface area contributed by atoms with Gasteiger partial charge in [0, 0.05) is 11.5 Å². The molecule has 1 amide bonds. The minimum Gasteiger partial charge on any atom is -0.497 e. The second-order valence-electron chi connectivity index (χ2n) is 5.76. The Morgan fingerprint density at radius 3 is 2.29 bits per heavy atom. The van der Waals surface area contributed by atoms with E-state index in [0.29, 0.717) is 33.8 Å². The number of rotatable bonds is 7. The number of aromatic amines is 1. The summed E-state index contributed by atoms with van der Waals surface area (Å²) in [5.74, 6) is 1.80. The van der Waals surface area contributed by atoms with Gasteiger partial charge >= 0.3 is 0 Å². The highest BCUT2D eigenvalue weighted by atomic mass is 16.5. The van der Waals surface area contributed by atoms with E-state index >= 15 is 0 Å². The van der Waals surface area contributed by atoms with Gasteiger partial charge in [-0.05, 0) is 35.9 Å². The number of amides is 1. The van der Waals surface area contributed by atoms with Crippen molar-refractivity contribution in [2.24, 2.45) is 5.10 Å². The number of hydrogen-bond donors (Lipinski definition) is 2. The van der Waals surface area contributed by atoms with Gasteiger partial charge in [0.05, 0.1) is 40.2 Å². The van der Waals surface area contributed by atoms with Crippen LogP contribution in [-0.2, 0) is 0 Å². The Bertz CT molecular complexity index is 1010. The van der Waals surface area contributed by atoms with Gasteiger partial charge in [-0.15, -0.1) is 0 Å². The van der Waals surface area contributed by atoms with Gasteiger partial charge in [-0.2, -0.15) is 5.10 Å². The molecule has 2 N–H and O–H groups in total. The number of hydrogen-bond acceptors (Lipinski definition) is 6. The number of nitrogens with zero attached hydrogens (tertiary/aromatic N) is 1. The molecule has 0 aliphatic rings. The molecular formula is C20H21N3O5. The van der Waals surface area contributed by atoms with Crippen LogP contribution >= 0.6 is 0 Å². The number of benzene rings is 2. The second kappa shape index (κ2) is 8.34. The first kappa shape index (κ1) is 19.1. The van der Waals surface area contributed by atoms with E-state index < -0.39 is 0 Å². The quantitative estimate of drug-likeness (QED) is 0.483. The number of fused-ring (bicyclic) bond motifs is 1. The van der Waals surface area contributed by atoms with Crippen molar-refractivity contribution in [3.63, 3.8) is 0 Å². The minimum atomic E-state index is -0.388. The number of methoxy groups -OCH3 is 4. The average molecular weight is 383 g/mol. The Labute approximate surface area is 162 Å². The van der Waals surface area contributed by atoms with E-state index in [1.807, 2.05) is 24.3 Å². The van der Waals surface area contributed by atoms with Gasteiger partial charge in [-0.1, -0.05) is 0 Å². The lowest BCUT2D eigenvalue weighted by Crippen LogP contribution is -2.17. The van der Waals surface area contributed by atoms with Crippen molar-refractivity contribution in [3.8, 4) is 23.0 Å². The molecule has 0 unspecified atom stereocenters. The van der Waals surface area contributed by atoms with Gasteiger partial charge in [-0.3, -0.25) is 4.79 Å². The van der Waals surface area contributed by atoms with Crippen LogP contribution in [0.4, 0.5) is 0 Å². The summed E-state index contributed by atoms with van der Waals surface area (Å²) in [6.07, 6.45) is 1.55. The largest absolute Gasteiger partial charge is 0.497 e. The zero-order valence-corrected chi connectivity index (χ0v) is 16.0. The molecule has 8 heteroatoms. The van der Waals surface area contributed by atoms with Crippen LogP contribution in [0.25, 0.3) is 10.9 Å². The van der Waals surface area contributed by atoms with E-state index in [4.69, 9.17) is 18.9 Å². The van der Waals surface area contributed by atoms with Crippen LogP contribution < -0.4 is 24.4 Å². The van der Waals surface area contributed by atoms with Gasteiger partial charge in [0.2, 0.25) is 5.75 Å². The summed E-state index contributed by atoms with van der Waals surface area (Å²) in [6, 6.07) is 10.7. The number of H-pyrrole nitrogens is 1. The summed E-state index contributed by atoms with van der Waals surface area (Å²) in [4.78, 5) is 15.5. The van der Waals surface area contributed by atoms with Crippen molar-refractivity contribution in [2.75, 3.05) is 28.4 Å². The van der Waals surface area contributed by atoms with Gasteiger partial charge in [0.25, 0.3) is 5.91 Å². The highest BCUT2D eigenvalue weighted by Gasteiger charge is 2.19. The van der Waals surface area contributed by atoms with E-state index in [2.05, 4.69) is 15.5 Å². The van der Waals surface area contributed by atoms with Crippen LogP contribution in [0.15, 0.2) is 41.5 Å². The van der Waals surface area contributed by atoms with Crippen LogP contribution in [0.2, 0.25) is 0 Å². The molecule has 1 aromatic heterocycles. The van der Waals surface area contributed by atoms with E-state index in [1.54, 1.807) is 25.5 Å². The minimum absolute atomic E-state index is 0.329. The van der Waals surface area contributed by atoms with Crippen molar-refractivity contribution in [3.05, 3.63) is 47.7 Å². The SMILES string of the molecule is COc1ccc(C=NNC(=O)c2cc3c(OC)c(OC)c(OC)cc3[nH]2)cc1. The topological polar surface area (TPSA) is 94.2 Å². The summed E-state index contributed by atoms with van der Waals surface area (Å²) in [5.41, 5.74) is 4.33. The van der Waals surface area contributed by atoms with Gasteiger partial charge < -0.3 is 23.9 Å². The predicted molar refractivity (Wildman–Crippen MR) is 106 cm³/mol. The highest BCUT2D eigenvalue weighted by molar-refractivity contribution is 6.01. The molecule has 1 heterocycles. The Hall–Kier alpha value is -3.68. The monoisotopic (exact) mass is 383 g/mol. The summed E-state index contributed by atoms with van der Waals surface area (Å²) < 4.78 is 21.2. The summed E-state index contributed by atoms with van der Waals surface area (Å²) >= 11 is 0. The first-order valence-corrected chi connectivity index (χ1v) is 8.40. The molecule has 3 aromatic rings. The van der Waals surface area contributed by atoms with Crippen LogP contribution in [0.5, 0.6) is 23.0 Å². The highest BCUT2D eigenvalue weighted by Crippen LogP contribution is 2.43. The second-order valence-corrected chi connectivity index (χ2v) is 5.76. The molecule has 0 aliphatic carbocycles. The molecule has 3 rings (SSSR count). The fraction of sp³-hybridized carbons (Fsp3) is 0.200. The number of aromatic nitrogens is 1. The molecule has 0 fully saturated rings. The number of nitrogens with one attached hydrogen (secondary N) is 2. The first-order valence-electron chi connectivity index (χ1n) is 8.40. The lowest BCUT2D eigenvalue weighted by Gasteiger charge is -2.12. The van der Waals surface area contributed by atoms with Crippen LogP contribution in [0.1, 0.15) is 16.1 Å². The van der Waals surface area contributed by atoms with Crippen molar-refractivity contribution in [1.82, 2.24) is 10.4 Å². The van der Waals surface area contributed by atoms with E-state index in [1.165, 1.54) is 21.3 Å². The van der Waals surface area contributed by atoms with Crippen molar-refractivity contribution in [2.45, 2.75) is 0 Å². The molecular weight excluding hydrogens is 362 g/mol. The summed E-state index contributed by atoms with van der Waals surface area (Å²) in [6.45, 7) is 0. The normalized spacial score (nSPS) is 10.9. The van der Waals surface area contributed by atoms with Crippen molar-refractivity contribution in [1.29, 1.82) is 0 Å². The molecule has 0 radical (unpaired) electrons. The molecule has 146 valence electrons. The zero-order valence-electron chi connectivity index (χ0n) is 16.0. The smallest absolute Gasteiger partial charge is 0.287 e. The third-order valence-corrected chi connectivity index (χ3v) is 4.17. The summed E-state index contributed by atoms with van der Waals surface area (Å²) in [5, 5.41) is 4.69. The lowest BCUT2D eigenvalue weighted by atomic mass is 10.2. The molecule has 0 saturated heterocycles. The van der Waals surface area contributed by atoms with Crippen LogP contribution in [0, 0.1) is 0 Å². The Morgan fingerprint density at radius 1 is 0.964 bits per heavy atom. The van der Waals surface area contributed by atoms with Crippen LogP contribution in [-0.4, -0.2) is 45.5 Å². The van der Waals surface area contributed by atoms with Gasteiger partial charge in [0.1, 0.15) is 11.4 Å². The maximum Gasteiger partial charge on any atom is 0.287 e. The number of ether oxygens (including phenoxy) is 4. The fourth-order valence-corrected chi connectivity index (χ4v) is 2.79. The standard InChI is InChI=1S/C20H21N3O5/c1-25-13-7-5-12(6-8-13)11-21-23-20(24)16-9-14-15(22-16)10-17(26-2)19(28-4)18(14)27-3/h5-11,22H,1-4H3,(H,23,24). The van der Waals surface area contributed by atoms with Gasteiger partial charge in [-0.25, -0.2) is 5.43 Å². The molecule has 2 aromatic carbocycles. The zero-order chi connectivity index (χ0) is 20.1. The van der Waals surface area contributed by atoms with E-state index in [0.717, 1.165) is 11.3 Å². The van der Waals surface area contributed by atoms with E-state index in [-0.39, 0.29) is 5.91 Å². The molecule has 0 aliphatic heterocycles. The average Bonchev–Trinajstić information content (AvgIpc) is 3.16. The molecule has 0 bridgehead atoms.